The van der Waals surface area contributed by atoms with E-state index >= 15 is 0 Å². The maximum absolute atomic E-state index is 8.27. The molecule has 18 heavy (non-hydrogen) atoms. The molecule has 1 aromatic rings. The van der Waals surface area contributed by atoms with Crippen LogP contribution in [0.2, 0.25) is 0 Å². The Morgan fingerprint density at radius 2 is 2.17 bits per heavy atom. The van der Waals surface area contributed by atoms with Crippen molar-refractivity contribution in [2.75, 3.05) is 26.7 Å². The second-order valence-corrected chi connectivity index (χ2v) is 5.66. The van der Waals surface area contributed by atoms with E-state index in [1.165, 1.54) is 31.5 Å². The number of likely N-dealkylation sites (tertiary alicyclic amines) is 1. The largest absolute Gasteiger partial charge is 0.352 e. The van der Waals surface area contributed by atoms with E-state index in [9.17, 15) is 0 Å². The molecule has 0 radical (unpaired) electrons. The molecule has 3 heteroatoms. The molecule has 0 saturated carbocycles. The van der Waals surface area contributed by atoms with Gasteiger partial charge in [-0.25, -0.2) is 0 Å². The second kappa shape index (κ2) is 4.73. The Bertz CT molecular complexity index is 455. The van der Waals surface area contributed by atoms with Crippen LogP contribution < -0.4 is 0 Å². The standard InChI is InChI=1S/C15H21N3/c1-17-8-4-5-12(9-17)10-18-11-13-6-2-3-7-14(13)15(18)16/h2-3,6-7,12,16H,4-5,8-11H2,1H3. The highest BCUT2D eigenvalue weighted by Gasteiger charge is 2.27. The summed E-state index contributed by atoms with van der Waals surface area (Å²) in [4.78, 5) is 4.66. The molecule has 3 rings (SSSR count). The minimum absolute atomic E-state index is 0.721. The third kappa shape index (κ3) is 2.15. The Morgan fingerprint density at radius 1 is 1.33 bits per heavy atom. The molecule has 1 N–H and O–H groups in total. The topological polar surface area (TPSA) is 30.3 Å². The van der Waals surface area contributed by atoms with E-state index in [0.717, 1.165) is 30.4 Å². The van der Waals surface area contributed by atoms with Gasteiger partial charge in [-0.05, 0) is 37.9 Å². The fourth-order valence-electron chi connectivity index (χ4n) is 3.23. The lowest BCUT2D eigenvalue weighted by Gasteiger charge is -2.32. The summed E-state index contributed by atoms with van der Waals surface area (Å²) in [6.07, 6.45) is 2.61. The normalized spacial score (nSPS) is 24.4. The molecular weight excluding hydrogens is 222 g/mol. The zero-order chi connectivity index (χ0) is 12.5. The second-order valence-electron chi connectivity index (χ2n) is 5.66. The lowest BCUT2D eigenvalue weighted by Crippen LogP contribution is -2.39. The zero-order valence-corrected chi connectivity index (χ0v) is 11.0. The van der Waals surface area contributed by atoms with E-state index in [2.05, 4.69) is 35.0 Å². The molecule has 1 fully saturated rings. The first-order chi connectivity index (χ1) is 8.74. The molecule has 1 saturated heterocycles. The monoisotopic (exact) mass is 243 g/mol. The van der Waals surface area contributed by atoms with Crippen LogP contribution in [0.3, 0.4) is 0 Å². The van der Waals surface area contributed by atoms with Crippen molar-refractivity contribution in [3.8, 4) is 0 Å². The minimum Gasteiger partial charge on any atom is -0.352 e. The van der Waals surface area contributed by atoms with Crippen LogP contribution in [0.5, 0.6) is 0 Å². The first-order valence-corrected chi connectivity index (χ1v) is 6.84. The van der Waals surface area contributed by atoms with Crippen LogP contribution in [0.4, 0.5) is 0 Å². The summed E-state index contributed by atoms with van der Waals surface area (Å²) in [5.74, 6) is 1.44. The van der Waals surface area contributed by atoms with E-state index in [1.807, 2.05) is 6.07 Å². The Kier molecular flexibility index (Phi) is 3.08. The molecule has 0 aromatic heterocycles. The van der Waals surface area contributed by atoms with Crippen molar-refractivity contribution in [3.05, 3.63) is 35.4 Å². The van der Waals surface area contributed by atoms with Crippen molar-refractivity contribution in [2.45, 2.75) is 19.4 Å². The molecule has 1 atom stereocenters. The summed E-state index contributed by atoms with van der Waals surface area (Å²) in [7, 11) is 2.20. The molecule has 96 valence electrons. The molecule has 2 heterocycles. The molecular formula is C15H21N3. The fraction of sp³-hybridized carbons (Fsp3) is 0.533. The number of fused-ring (bicyclic) bond motifs is 1. The summed E-state index contributed by atoms with van der Waals surface area (Å²) >= 11 is 0. The Balaban J connectivity index is 1.67. The van der Waals surface area contributed by atoms with Crippen molar-refractivity contribution < 1.29 is 0 Å². The summed E-state index contributed by atoms with van der Waals surface area (Å²) in [6, 6.07) is 8.33. The van der Waals surface area contributed by atoms with Gasteiger partial charge < -0.3 is 9.80 Å². The quantitative estimate of drug-likeness (QED) is 0.863. The zero-order valence-electron chi connectivity index (χ0n) is 11.0. The van der Waals surface area contributed by atoms with Gasteiger partial charge in [-0.3, -0.25) is 5.41 Å². The van der Waals surface area contributed by atoms with Gasteiger partial charge in [0.15, 0.2) is 0 Å². The van der Waals surface area contributed by atoms with Crippen molar-refractivity contribution in [2.24, 2.45) is 5.92 Å². The van der Waals surface area contributed by atoms with Crippen LogP contribution in [-0.2, 0) is 6.54 Å². The van der Waals surface area contributed by atoms with Crippen LogP contribution in [0, 0.1) is 11.3 Å². The summed E-state index contributed by atoms with van der Waals surface area (Å²) in [6.45, 7) is 4.38. The van der Waals surface area contributed by atoms with E-state index in [1.54, 1.807) is 0 Å². The van der Waals surface area contributed by atoms with Crippen LogP contribution in [0.1, 0.15) is 24.0 Å². The van der Waals surface area contributed by atoms with Crippen LogP contribution in [0.25, 0.3) is 0 Å². The molecule has 2 aliphatic heterocycles. The molecule has 0 spiro atoms. The maximum atomic E-state index is 8.27. The van der Waals surface area contributed by atoms with Crippen LogP contribution >= 0.6 is 0 Å². The number of amidine groups is 1. The van der Waals surface area contributed by atoms with E-state index in [0.29, 0.717) is 0 Å². The highest BCUT2D eigenvalue weighted by molar-refractivity contribution is 6.00. The first-order valence-electron chi connectivity index (χ1n) is 6.84. The average molecular weight is 243 g/mol. The van der Waals surface area contributed by atoms with Gasteiger partial charge in [-0.2, -0.15) is 0 Å². The van der Waals surface area contributed by atoms with Gasteiger partial charge in [-0.15, -0.1) is 0 Å². The molecule has 1 unspecified atom stereocenters. The molecule has 0 amide bonds. The average Bonchev–Trinajstić information content (AvgIpc) is 2.67. The number of hydrogen-bond donors (Lipinski definition) is 1. The lowest BCUT2D eigenvalue weighted by molar-refractivity contribution is 0.182. The number of benzene rings is 1. The van der Waals surface area contributed by atoms with Crippen LogP contribution in [0.15, 0.2) is 24.3 Å². The van der Waals surface area contributed by atoms with Gasteiger partial charge >= 0.3 is 0 Å². The smallest absolute Gasteiger partial charge is 0.128 e. The number of nitrogens with zero attached hydrogens (tertiary/aromatic N) is 2. The van der Waals surface area contributed by atoms with Gasteiger partial charge in [0.2, 0.25) is 0 Å². The Morgan fingerprint density at radius 3 is 2.94 bits per heavy atom. The van der Waals surface area contributed by atoms with Gasteiger partial charge in [0.1, 0.15) is 5.84 Å². The highest BCUT2D eigenvalue weighted by atomic mass is 15.2. The molecule has 1 aromatic carbocycles. The predicted octanol–water partition coefficient (Wildman–Crippen LogP) is 2.17. The third-order valence-electron chi connectivity index (χ3n) is 4.15. The van der Waals surface area contributed by atoms with Gasteiger partial charge in [0, 0.05) is 25.2 Å². The van der Waals surface area contributed by atoms with E-state index in [4.69, 9.17) is 5.41 Å². The van der Waals surface area contributed by atoms with Gasteiger partial charge in [0.05, 0.1) is 0 Å². The SMILES string of the molecule is CN1CCCC(CN2Cc3ccccc3C2=N)C1. The number of hydrogen-bond acceptors (Lipinski definition) is 2. The molecule has 0 bridgehead atoms. The summed E-state index contributed by atoms with van der Waals surface area (Å²) in [5, 5.41) is 8.27. The highest BCUT2D eigenvalue weighted by Crippen LogP contribution is 2.25. The number of piperidine rings is 1. The number of nitrogens with one attached hydrogen (secondary N) is 1. The maximum Gasteiger partial charge on any atom is 0.128 e. The molecule has 3 nitrogen and oxygen atoms in total. The summed E-state index contributed by atoms with van der Waals surface area (Å²) < 4.78 is 0. The number of rotatable bonds is 2. The van der Waals surface area contributed by atoms with Crippen molar-refractivity contribution in [3.63, 3.8) is 0 Å². The van der Waals surface area contributed by atoms with Crippen molar-refractivity contribution in [1.82, 2.24) is 9.80 Å². The predicted molar refractivity (Wildman–Crippen MR) is 73.9 cm³/mol. The fourth-order valence-corrected chi connectivity index (χ4v) is 3.23. The molecule has 2 aliphatic rings. The Hall–Kier alpha value is -1.35. The van der Waals surface area contributed by atoms with Gasteiger partial charge in [0.25, 0.3) is 0 Å². The van der Waals surface area contributed by atoms with Gasteiger partial charge in [-0.1, -0.05) is 24.3 Å². The minimum atomic E-state index is 0.721. The van der Waals surface area contributed by atoms with E-state index < -0.39 is 0 Å². The van der Waals surface area contributed by atoms with E-state index in [-0.39, 0.29) is 0 Å². The Labute approximate surface area is 109 Å². The first kappa shape index (κ1) is 11.7. The van der Waals surface area contributed by atoms with Crippen LogP contribution in [-0.4, -0.2) is 42.3 Å². The lowest BCUT2D eigenvalue weighted by atomic mass is 9.98. The van der Waals surface area contributed by atoms with Crippen molar-refractivity contribution in [1.29, 1.82) is 5.41 Å². The summed E-state index contributed by atoms with van der Waals surface area (Å²) in [5.41, 5.74) is 2.44. The molecule has 0 aliphatic carbocycles. The van der Waals surface area contributed by atoms with Crippen molar-refractivity contribution >= 4 is 5.84 Å². The third-order valence-corrected chi connectivity index (χ3v) is 4.15.